The van der Waals surface area contributed by atoms with Gasteiger partial charge in [0, 0.05) is 32.3 Å². The van der Waals surface area contributed by atoms with E-state index < -0.39 is 8.32 Å². The molecule has 1 unspecified atom stereocenters. The van der Waals surface area contributed by atoms with Crippen LogP contribution in [0.1, 0.15) is 73.6 Å². The molecule has 0 radical (unpaired) electrons. The third-order valence-corrected chi connectivity index (χ3v) is 10.8. The molecule has 1 atom stereocenters. The third-order valence-electron chi connectivity index (χ3n) is 6.22. The van der Waals surface area contributed by atoms with Crippen molar-refractivity contribution in [2.75, 3.05) is 19.7 Å². The first kappa shape index (κ1) is 25.2. The van der Waals surface area contributed by atoms with E-state index >= 15 is 0 Å². The maximum atomic E-state index is 6.38. The lowest BCUT2D eigenvalue weighted by molar-refractivity contribution is -0.533. The highest BCUT2D eigenvalue weighted by molar-refractivity contribution is 6.74. The monoisotopic (exact) mass is 507 g/mol. The normalized spacial score (nSPS) is 21.3. The topological polar surface area (TPSA) is 21.5 Å². The Bertz CT molecular complexity index is 561. The fraction of sp³-hybridized carbons (Fsp3) is 0.864. The van der Waals surface area contributed by atoms with Crippen LogP contribution in [0.3, 0.4) is 0 Å². The molecule has 0 amide bonds. The van der Waals surface area contributed by atoms with E-state index in [9.17, 15) is 0 Å². The number of allylic oxidation sites excluding steroid dienone is 2. The van der Waals surface area contributed by atoms with Crippen LogP contribution in [0, 0.1) is 5.92 Å². The Morgan fingerprint density at radius 1 is 1.19 bits per heavy atom. The van der Waals surface area contributed by atoms with E-state index in [4.69, 9.17) is 9.16 Å². The molecule has 3 nitrogen and oxygen atoms in total. The molecular formula is C22H42INO2Si. The molecular weight excluding hydrogens is 465 g/mol. The van der Waals surface area contributed by atoms with E-state index in [1.54, 1.807) is 5.71 Å². The zero-order valence-electron chi connectivity index (χ0n) is 19.0. The second kappa shape index (κ2) is 10.2. The summed E-state index contributed by atoms with van der Waals surface area (Å²) in [5.74, 6) is 1.96. The fourth-order valence-electron chi connectivity index (χ4n) is 3.76. The first-order valence-electron chi connectivity index (χ1n) is 10.6. The van der Waals surface area contributed by atoms with Gasteiger partial charge in [0.2, 0.25) is 0 Å². The maximum absolute atomic E-state index is 6.38. The molecule has 1 aliphatic carbocycles. The van der Waals surface area contributed by atoms with Gasteiger partial charge in [0.1, 0.15) is 18.8 Å². The van der Waals surface area contributed by atoms with Gasteiger partial charge in [0.25, 0.3) is 0 Å². The first-order valence-corrected chi connectivity index (χ1v) is 13.6. The summed E-state index contributed by atoms with van der Waals surface area (Å²) < 4.78 is 15.2. The summed E-state index contributed by atoms with van der Waals surface area (Å²) in [5.41, 5.74) is 3.09. The number of rotatable bonds is 7. The summed E-state index contributed by atoms with van der Waals surface area (Å²) in [6.45, 7) is 21.5. The van der Waals surface area contributed by atoms with Crippen LogP contribution in [0.4, 0.5) is 0 Å². The van der Waals surface area contributed by atoms with Crippen molar-refractivity contribution in [1.29, 1.82) is 0 Å². The highest BCUT2D eigenvalue weighted by Gasteiger charge is 2.37. The summed E-state index contributed by atoms with van der Waals surface area (Å²) >= 11 is 0. The molecule has 0 aromatic carbocycles. The van der Waals surface area contributed by atoms with Crippen molar-refractivity contribution in [2.24, 2.45) is 5.92 Å². The molecule has 0 aromatic heterocycles. The van der Waals surface area contributed by atoms with Crippen molar-refractivity contribution in [3.05, 3.63) is 11.3 Å². The predicted molar refractivity (Wildman–Crippen MR) is 114 cm³/mol. The number of hydrogen-bond donors (Lipinski definition) is 0. The molecule has 5 heteroatoms. The van der Waals surface area contributed by atoms with Crippen LogP contribution < -0.4 is 24.0 Å². The zero-order chi connectivity index (χ0) is 19.5. The molecule has 0 spiro atoms. The third kappa shape index (κ3) is 6.84. The smallest absolute Gasteiger partial charge is 0.191 e. The van der Waals surface area contributed by atoms with Crippen molar-refractivity contribution in [3.8, 4) is 0 Å². The number of halogens is 1. The van der Waals surface area contributed by atoms with Crippen molar-refractivity contribution in [1.82, 2.24) is 0 Å². The van der Waals surface area contributed by atoms with Crippen molar-refractivity contribution >= 4 is 14.0 Å². The van der Waals surface area contributed by atoms with Gasteiger partial charge in [0.15, 0.2) is 14.0 Å². The number of ether oxygens (including phenoxy) is 1. The minimum absolute atomic E-state index is 0. The molecule has 1 heterocycles. The maximum Gasteiger partial charge on any atom is 0.191 e. The molecule has 0 bridgehead atoms. The van der Waals surface area contributed by atoms with Crippen LogP contribution >= 0.6 is 0 Å². The highest BCUT2D eigenvalue weighted by atomic mass is 127. The quantitative estimate of drug-likeness (QED) is 0.229. The molecule has 2 aliphatic rings. The van der Waals surface area contributed by atoms with Gasteiger partial charge in [-0.15, -0.1) is 0 Å². The van der Waals surface area contributed by atoms with Crippen molar-refractivity contribution in [2.45, 2.75) is 97.9 Å². The minimum Gasteiger partial charge on any atom is -1.00 e. The Balaban J connectivity index is 0.00000364. The summed E-state index contributed by atoms with van der Waals surface area (Å²) in [6.07, 6.45) is 6.17. The van der Waals surface area contributed by atoms with Crippen LogP contribution in [-0.4, -0.2) is 44.4 Å². The first-order chi connectivity index (χ1) is 12.0. The fourth-order valence-corrected chi connectivity index (χ4v) is 4.85. The van der Waals surface area contributed by atoms with Crippen molar-refractivity contribution in [3.63, 3.8) is 0 Å². The number of nitrogens with zero attached hydrogens (tertiary/aromatic N) is 1. The van der Waals surface area contributed by atoms with Gasteiger partial charge in [-0.25, -0.2) is 4.58 Å². The second-order valence-corrected chi connectivity index (χ2v) is 14.9. The van der Waals surface area contributed by atoms with E-state index in [1.807, 2.05) is 0 Å². The van der Waals surface area contributed by atoms with Crippen LogP contribution in [-0.2, 0) is 9.16 Å². The van der Waals surface area contributed by atoms with Gasteiger partial charge < -0.3 is 33.1 Å². The lowest BCUT2D eigenvalue weighted by Gasteiger charge is -2.36. The van der Waals surface area contributed by atoms with Crippen molar-refractivity contribution < 1.29 is 37.7 Å². The second-order valence-electron chi connectivity index (χ2n) is 10.1. The molecule has 0 aromatic rings. The SMILES string of the molecule is CC1CC(OC(C)C)=C2CCC[N+](CCCO[Si](C)(C)C(C)(C)C)=C2C1.[I-]. The molecule has 0 N–H and O–H groups in total. The van der Waals surface area contributed by atoms with E-state index in [1.165, 1.54) is 37.1 Å². The molecule has 0 saturated carbocycles. The molecule has 1 aliphatic heterocycles. The van der Waals surface area contributed by atoms with Gasteiger partial charge in [-0.05, 0) is 44.3 Å². The number of fused-ring (bicyclic) bond motifs is 1. The van der Waals surface area contributed by atoms with Crippen LogP contribution in [0.15, 0.2) is 11.3 Å². The van der Waals surface area contributed by atoms with Gasteiger partial charge >= 0.3 is 0 Å². The molecule has 2 rings (SSSR count). The van der Waals surface area contributed by atoms with Crippen LogP contribution in [0.25, 0.3) is 0 Å². The Labute approximate surface area is 186 Å². The van der Waals surface area contributed by atoms with E-state index in [-0.39, 0.29) is 30.1 Å². The molecule has 158 valence electrons. The molecule has 0 saturated heterocycles. The summed E-state index contributed by atoms with van der Waals surface area (Å²) in [4.78, 5) is 0. The van der Waals surface area contributed by atoms with Crippen LogP contribution in [0.2, 0.25) is 18.1 Å². The van der Waals surface area contributed by atoms with Gasteiger partial charge in [0.05, 0.1) is 11.7 Å². The minimum atomic E-state index is -1.62. The zero-order valence-corrected chi connectivity index (χ0v) is 22.1. The molecule has 0 fully saturated rings. The van der Waals surface area contributed by atoms with Gasteiger partial charge in [-0.3, -0.25) is 0 Å². The summed E-state index contributed by atoms with van der Waals surface area (Å²) in [5, 5.41) is 0.296. The lowest BCUT2D eigenvalue weighted by Crippen LogP contribution is -3.00. The summed E-state index contributed by atoms with van der Waals surface area (Å²) in [6, 6.07) is 0. The molecule has 27 heavy (non-hydrogen) atoms. The summed E-state index contributed by atoms with van der Waals surface area (Å²) in [7, 11) is -1.62. The average molecular weight is 508 g/mol. The van der Waals surface area contributed by atoms with E-state index in [2.05, 4.69) is 59.2 Å². The lowest BCUT2D eigenvalue weighted by atomic mass is 9.83. The number of hydrogen-bond acceptors (Lipinski definition) is 2. The average Bonchev–Trinajstić information content (AvgIpc) is 2.50. The highest BCUT2D eigenvalue weighted by Crippen LogP contribution is 2.37. The van der Waals surface area contributed by atoms with E-state index in [0.717, 1.165) is 26.0 Å². The van der Waals surface area contributed by atoms with E-state index in [0.29, 0.717) is 11.0 Å². The Morgan fingerprint density at radius 3 is 2.44 bits per heavy atom. The standard InChI is InChI=1S/C22H42NO2Si.HI/c1-17(2)25-21-16-18(3)15-20-19(21)11-9-12-23(20)13-10-14-24-26(7,8)22(4,5)6;/h17-18H,9-16H2,1-8H3;1H/q+1;/p-1. The Morgan fingerprint density at radius 2 is 1.85 bits per heavy atom. The van der Waals surface area contributed by atoms with Crippen LogP contribution in [0.5, 0.6) is 0 Å². The Kier molecular flexibility index (Phi) is 9.54. The predicted octanol–water partition coefficient (Wildman–Crippen LogP) is 2.76. The van der Waals surface area contributed by atoms with Gasteiger partial charge in [-0.2, -0.15) is 0 Å². The Hall–Kier alpha value is 0.117. The largest absolute Gasteiger partial charge is 1.00 e. The van der Waals surface area contributed by atoms with Gasteiger partial charge in [-0.1, -0.05) is 27.7 Å².